The van der Waals surface area contributed by atoms with Crippen LogP contribution in [0.4, 0.5) is 15.1 Å². The van der Waals surface area contributed by atoms with Crippen molar-refractivity contribution >= 4 is 22.9 Å². The van der Waals surface area contributed by atoms with Crippen LogP contribution in [-0.4, -0.2) is 52.2 Å². The van der Waals surface area contributed by atoms with Crippen molar-refractivity contribution in [3.8, 4) is 22.4 Å². The molecule has 4 aromatic rings. The minimum atomic E-state index is -0.315. The molecule has 2 aliphatic rings. The lowest BCUT2D eigenvalue weighted by atomic mass is 9.94. The Kier molecular flexibility index (Phi) is 5.81. The van der Waals surface area contributed by atoms with Crippen molar-refractivity contribution in [3.63, 3.8) is 0 Å². The molecule has 0 bridgehead atoms. The first kappa shape index (κ1) is 22.5. The minimum absolute atomic E-state index is 0.245. The van der Waals surface area contributed by atoms with E-state index in [9.17, 15) is 9.18 Å². The molecule has 2 aromatic carbocycles. The van der Waals surface area contributed by atoms with Crippen molar-refractivity contribution in [3.05, 3.63) is 71.8 Å². The lowest BCUT2D eigenvalue weighted by Crippen LogP contribution is -2.43. The van der Waals surface area contributed by atoms with Crippen LogP contribution in [0.2, 0.25) is 0 Å². The van der Waals surface area contributed by atoms with Crippen LogP contribution in [0.25, 0.3) is 33.3 Å². The Labute approximate surface area is 208 Å². The highest BCUT2D eigenvalue weighted by atomic mass is 19.1. The molecule has 0 spiro atoms. The van der Waals surface area contributed by atoms with Gasteiger partial charge in [-0.3, -0.25) is 10.3 Å². The summed E-state index contributed by atoms with van der Waals surface area (Å²) in [5.74, 6) is 0.229. The zero-order valence-corrected chi connectivity index (χ0v) is 20.0. The third-order valence-electron chi connectivity index (χ3n) is 6.78. The van der Waals surface area contributed by atoms with E-state index in [1.807, 2.05) is 24.4 Å². The molecule has 36 heavy (non-hydrogen) atoms. The molecule has 182 valence electrons. The van der Waals surface area contributed by atoms with Crippen LogP contribution < -0.4 is 5.32 Å². The Hall–Kier alpha value is -3.91. The summed E-state index contributed by atoms with van der Waals surface area (Å²) < 4.78 is 19.2. The smallest absolute Gasteiger partial charge is 0.324 e. The second-order valence-electron chi connectivity index (χ2n) is 9.33. The van der Waals surface area contributed by atoms with Crippen LogP contribution in [0, 0.1) is 12.7 Å². The molecule has 1 N–H and O–H groups in total. The number of morpholine rings is 1. The predicted octanol–water partition coefficient (Wildman–Crippen LogP) is 5.55. The third-order valence-corrected chi connectivity index (χ3v) is 6.78. The zero-order chi connectivity index (χ0) is 24.6. The highest BCUT2D eigenvalue weighted by Gasteiger charge is 2.32. The van der Waals surface area contributed by atoms with Crippen molar-refractivity contribution in [1.82, 2.24) is 19.9 Å². The molecule has 1 aliphatic carbocycles. The predicted molar refractivity (Wildman–Crippen MR) is 136 cm³/mol. The van der Waals surface area contributed by atoms with Gasteiger partial charge in [-0.15, -0.1) is 0 Å². The summed E-state index contributed by atoms with van der Waals surface area (Å²) in [5, 5.41) is 3.96. The quantitative estimate of drug-likeness (QED) is 0.412. The fourth-order valence-corrected chi connectivity index (χ4v) is 4.67. The van der Waals surface area contributed by atoms with Gasteiger partial charge in [-0.1, -0.05) is 6.07 Å². The number of nitrogens with one attached hydrogen (secondary N) is 1. The molecule has 0 radical (unpaired) electrons. The van der Waals surface area contributed by atoms with Crippen molar-refractivity contribution < 1.29 is 13.9 Å². The van der Waals surface area contributed by atoms with Gasteiger partial charge in [0.25, 0.3) is 0 Å². The first-order valence-electron chi connectivity index (χ1n) is 12.2. The first-order chi connectivity index (χ1) is 17.6. The van der Waals surface area contributed by atoms with E-state index in [1.165, 1.54) is 12.1 Å². The molecule has 1 saturated carbocycles. The van der Waals surface area contributed by atoms with Crippen molar-refractivity contribution in [2.75, 3.05) is 31.6 Å². The summed E-state index contributed by atoms with van der Waals surface area (Å²) in [5.41, 5.74) is 6.29. The topological polar surface area (TPSA) is 80.2 Å². The number of aromatic nitrogens is 3. The van der Waals surface area contributed by atoms with Crippen LogP contribution in [0.3, 0.4) is 0 Å². The standard InChI is InChI=1S/C28H26FN5O2/c1-17-10-11-30-23-9-6-20(16-22(17)23)24-25(18-2-3-18)31-27(33-28(35)34-12-14-36-15-13-34)32-26(24)19-4-7-21(29)8-5-19/h4-11,16,18H,2-3,12-15H2,1H3,(H,31,32,33,35). The van der Waals surface area contributed by atoms with Crippen molar-refractivity contribution in [1.29, 1.82) is 0 Å². The molecule has 6 rings (SSSR count). The number of aryl methyl sites for hydroxylation is 1. The van der Waals surface area contributed by atoms with Gasteiger partial charge in [0.1, 0.15) is 5.82 Å². The van der Waals surface area contributed by atoms with E-state index in [-0.39, 0.29) is 23.7 Å². The number of rotatable bonds is 4. The number of hydrogen-bond donors (Lipinski definition) is 1. The number of pyridine rings is 1. The number of fused-ring (bicyclic) bond motifs is 1. The molecule has 7 nitrogen and oxygen atoms in total. The van der Waals surface area contributed by atoms with E-state index in [2.05, 4.69) is 23.3 Å². The lowest BCUT2D eigenvalue weighted by Gasteiger charge is -2.26. The van der Waals surface area contributed by atoms with Crippen LogP contribution in [0.15, 0.2) is 54.7 Å². The minimum Gasteiger partial charge on any atom is -0.378 e. The lowest BCUT2D eigenvalue weighted by molar-refractivity contribution is 0.0564. The van der Waals surface area contributed by atoms with Gasteiger partial charge < -0.3 is 9.64 Å². The number of nitrogens with zero attached hydrogens (tertiary/aromatic N) is 4. The fraction of sp³-hybridized carbons (Fsp3) is 0.286. The Morgan fingerprint density at radius 2 is 1.78 bits per heavy atom. The average Bonchev–Trinajstić information content (AvgIpc) is 3.75. The largest absolute Gasteiger partial charge is 0.378 e. The fourth-order valence-electron chi connectivity index (χ4n) is 4.67. The maximum absolute atomic E-state index is 13.8. The number of anilines is 1. The third kappa shape index (κ3) is 4.40. The van der Waals surface area contributed by atoms with Gasteiger partial charge in [-0.05, 0) is 73.4 Å². The first-order valence-corrected chi connectivity index (χ1v) is 12.2. The Balaban J connectivity index is 1.51. The van der Waals surface area contributed by atoms with E-state index >= 15 is 0 Å². The number of carbonyl (C=O) groups is 1. The number of benzene rings is 2. The molecule has 1 saturated heterocycles. The van der Waals surface area contributed by atoms with Gasteiger partial charge >= 0.3 is 6.03 Å². The number of urea groups is 1. The summed E-state index contributed by atoms with van der Waals surface area (Å²) in [4.78, 5) is 28.8. The maximum atomic E-state index is 13.8. The zero-order valence-electron chi connectivity index (χ0n) is 20.0. The van der Waals surface area contributed by atoms with E-state index in [0.29, 0.717) is 32.0 Å². The number of halogens is 1. The van der Waals surface area contributed by atoms with Crippen molar-refractivity contribution in [2.45, 2.75) is 25.7 Å². The SMILES string of the molecule is Cc1ccnc2ccc(-c3c(-c4ccc(F)cc4)nc(NC(=O)N4CCOCC4)nc3C3CC3)cc12. The number of ether oxygens (including phenoxy) is 1. The molecule has 2 amide bonds. The van der Waals surface area contributed by atoms with Crippen molar-refractivity contribution in [2.24, 2.45) is 0 Å². The summed E-state index contributed by atoms with van der Waals surface area (Å²) in [6, 6.07) is 14.2. The second-order valence-corrected chi connectivity index (χ2v) is 9.33. The summed E-state index contributed by atoms with van der Waals surface area (Å²) >= 11 is 0. The van der Waals surface area contributed by atoms with Crippen LogP contribution in [0.1, 0.15) is 30.0 Å². The van der Waals surface area contributed by atoms with Crippen LogP contribution in [0.5, 0.6) is 0 Å². The van der Waals surface area contributed by atoms with Crippen LogP contribution in [-0.2, 0) is 4.74 Å². The highest BCUT2D eigenvalue weighted by Crippen LogP contribution is 2.47. The van der Waals surface area contributed by atoms with E-state index < -0.39 is 0 Å². The molecule has 0 atom stereocenters. The Morgan fingerprint density at radius 3 is 2.53 bits per heavy atom. The number of hydrogen-bond acceptors (Lipinski definition) is 5. The summed E-state index contributed by atoms with van der Waals surface area (Å²) in [6.07, 6.45) is 3.86. The highest BCUT2D eigenvalue weighted by molar-refractivity contribution is 5.93. The Morgan fingerprint density at radius 1 is 1.03 bits per heavy atom. The van der Waals surface area contributed by atoms with Gasteiger partial charge in [-0.25, -0.2) is 19.2 Å². The van der Waals surface area contributed by atoms with Gasteiger partial charge in [0.05, 0.1) is 30.1 Å². The van der Waals surface area contributed by atoms with E-state index in [1.54, 1.807) is 17.0 Å². The van der Waals surface area contributed by atoms with E-state index in [4.69, 9.17) is 14.7 Å². The summed E-state index contributed by atoms with van der Waals surface area (Å²) in [7, 11) is 0. The molecular formula is C28H26FN5O2. The monoisotopic (exact) mass is 483 g/mol. The Bertz CT molecular complexity index is 1450. The molecule has 1 aliphatic heterocycles. The molecule has 2 fully saturated rings. The molecular weight excluding hydrogens is 457 g/mol. The number of carbonyl (C=O) groups excluding carboxylic acids is 1. The van der Waals surface area contributed by atoms with Gasteiger partial charge in [-0.2, -0.15) is 0 Å². The molecule has 2 aromatic heterocycles. The molecule has 8 heteroatoms. The molecule has 3 heterocycles. The average molecular weight is 484 g/mol. The molecule has 0 unspecified atom stereocenters. The van der Waals surface area contributed by atoms with E-state index in [0.717, 1.165) is 51.7 Å². The van der Waals surface area contributed by atoms with Crippen LogP contribution >= 0.6 is 0 Å². The van der Waals surface area contributed by atoms with Gasteiger partial charge in [0.15, 0.2) is 0 Å². The second kappa shape index (κ2) is 9.28. The van der Waals surface area contributed by atoms with Gasteiger partial charge in [0, 0.05) is 41.7 Å². The van der Waals surface area contributed by atoms with Gasteiger partial charge in [0.2, 0.25) is 5.95 Å². The maximum Gasteiger partial charge on any atom is 0.324 e. The summed E-state index contributed by atoms with van der Waals surface area (Å²) in [6.45, 7) is 4.13. The normalized spacial score (nSPS) is 15.8. The number of amides is 2.